The summed E-state index contributed by atoms with van der Waals surface area (Å²) in [6.45, 7) is 1.65. The normalized spacial score (nSPS) is 18.7. The number of nitrogens with one attached hydrogen (secondary N) is 2. The van der Waals surface area contributed by atoms with Gasteiger partial charge in [0.05, 0.1) is 34.1 Å². The number of para-hydroxylation sites is 1. The predicted molar refractivity (Wildman–Crippen MR) is 103 cm³/mol. The minimum Gasteiger partial charge on any atom is -0.466 e. The molecule has 0 saturated heterocycles. The molecule has 0 fully saturated rings. The van der Waals surface area contributed by atoms with Crippen LogP contribution in [0.25, 0.3) is 0 Å². The van der Waals surface area contributed by atoms with Gasteiger partial charge in [-0.1, -0.05) is 30.3 Å². The van der Waals surface area contributed by atoms with Gasteiger partial charge < -0.3 is 10.1 Å². The van der Waals surface area contributed by atoms with Crippen molar-refractivity contribution in [3.8, 4) is 0 Å². The van der Waals surface area contributed by atoms with Crippen molar-refractivity contribution in [1.82, 2.24) is 10.6 Å². The van der Waals surface area contributed by atoms with Gasteiger partial charge in [-0.3, -0.25) is 25.5 Å². The average Bonchev–Trinajstić information content (AvgIpc) is 2.72. The van der Waals surface area contributed by atoms with E-state index in [2.05, 4.69) is 10.6 Å². The van der Waals surface area contributed by atoms with Crippen molar-refractivity contribution in [1.29, 1.82) is 0 Å². The Hall–Kier alpha value is -3.79. The number of hydrogen-bond donors (Lipinski definition) is 2. The zero-order valence-corrected chi connectivity index (χ0v) is 15.6. The van der Waals surface area contributed by atoms with E-state index in [1.54, 1.807) is 31.2 Å². The summed E-state index contributed by atoms with van der Waals surface area (Å²) >= 11 is 0. The van der Waals surface area contributed by atoms with Crippen LogP contribution in [0, 0.1) is 20.2 Å². The summed E-state index contributed by atoms with van der Waals surface area (Å²) < 4.78 is 4.87. The highest BCUT2D eigenvalue weighted by atomic mass is 16.6. The Bertz CT molecular complexity index is 1020. The molecule has 1 aliphatic rings. The maximum absolute atomic E-state index is 12.4. The lowest BCUT2D eigenvalue weighted by molar-refractivity contribution is -0.385. The molecule has 1 heterocycles. The summed E-state index contributed by atoms with van der Waals surface area (Å²) in [4.78, 5) is 34.0. The van der Waals surface area contributed by atoms with E-state index in [1.165, 1.54) is 31.4 Å². The summed E-state index contributed by atoms with van der Waals surface area (Å²) in [6.07, 6.45) is -0.617. The minimum absolute atomic E-state index is 0.0891. The van der Waals surface area contributed by atoms with Crippen LogP contribution < -0.4 is 10.6 Å². The van der Waals surface area contributed by atoms with Crippen molar-refractivity contribution in [2.75, 3.05) is 7.11 Å². The van der Waals surface area contributed by atoms with E-state index in [4.69, 9.17) is 4.74 Å². The van der Waals surface area contributed by atoms with Crippen LogP contribution in [0.2, 0.25) is 0 Å². The van der Waals surface area contributed by atoms with Gasteiger partial charge >= 0.3 is 5.97 Å². The number of nitro groups is 2. The third-order valence-corrected chi connectivity index (χ3v) is 4.65. The Balaban J connectivity index is 2.11. The van der Waals surface area contributed by atoms with Crippen LogP contribution in [0.3, 0.4) is 0 Å². The van der Waals surface area contributed by atoms with Crippen LogP contribution in [-0.2, 0) is 9.53 Å². The Kier molecular flexibility index (Phi) is 5.55. The fourth-order valence-electron chi connectivity index (χ4n) is 3.32. The number of nitrogens with zero attached hydrogens (tertiary/aromatic N) is 2. The number of carbonyl (C=O) groups excluding carboxylic acids is 1. The van der Waals surface area contributed by atoms with E-state index in [0.29, 0.717) is 11.3 Å². The zero-order chi connectivity index (χ0) is 21.1. The number of rotatable bonds is 5. The monoisotopic (exact) mass is 398 g/mol. The quantitative estimate of drug-likeness (QED) is 0.446. The third-order valence-electron chi connectivity index (χ3n) is 4.65. The van der Waals surface area contributed by atoms with Crippen molar-refractivity contribution in [3.05, 3.63) is 91.2 Å². The summed E-state index contributed by atoms with van der Waals surface area (Å²) in [5, 5.41) is 28.9. The van der Waals surface area contributed by atoms with Gasteiger partial charge in [-0.05, 0) is 12.5 Å². The predicted octanol–water partition coefficient (Wildman–Crippen LogP) is 2.88. The summed E-state index contributed by atoms with van der Waals surface area (Å²) in [7, 11) is 1.23. The maximum Gasteiger partial charge on any atom is 0.337 e. The Labute approximate surface area is 165 Å². The van der Waals surface area contributed by atoms with E-state index >= 15 is 0 Å². The van der Waals surface area contributed by atoms with Gasteiger partial charge in [0.2, 0.25) is 0 Å². The molecule has 150 valence electrons. The van der Waals surface area contributed by atoms with Gasteiger partial charge in [0.1, 0.15) is 6.17 Å². The molecule has 1 aliphatic heterocycles. The number of benzene rings is 2. The van der Waals surface area contributed by atoms with E-state index < -0.39 is 28.0 Å². The number of nitro benzene ring substituents is 2. The molecule has 2 aromatic carbocycles. The zero-order valence-electron chi connectivity index (χ0n) is 15.6. The van der Waals surface area contributed by atoms with Crippen molar-refractivity contribution >= 4 is 17.3 Å². The first kappa shape index (κ1) is 20.0. The lowest BCUT2D eigenvalue weighted by Crippen LogP contribution is -2.44. The molecule has 0 radical (unpaired) electrons. The lowest BCUT2D eigenvalue weighted by atomic mass is 9.92. The fourth-order valence-corrected chi connectivity index (χ4v) is 3.32. The van der Waals surface area contributed by atoms with Gasteiger partial charge in [-0.25, -0.2) is 4.79 Å². The van der Waals surface area contributed by atoms with E-state index in [9.17, 15) is 25.0 Å². The molecule has 0 spiro atoms. The van der Waals surface area contributed by atoms with Crippen LogP contribution in [0.1, 0.15) is 30.3 Å². The van der Waals surface area contributed by atoms with Crippen LogP contribution in [-0.4, -0.2) is 22.9 Å². The summed E-state index contributed by atoms with van der Waals surface area (Å²) in [5.41, 5.74) is 1.24. The number of methoxy groups -OCH3 is 1. The first-order chi connectivity index (χ1) is 13.8. The molecule has 10 nitrogen and oxygen atoms in total. The average molecular weight is 398 g/mol. The smallest absolute Gasteiger partial charge is 0.337 e. The molecule has 0 bridgehead atoms. The summed E-state index contributed by atoms with van der Waals surface area (Å²) in [6, 6.07) is 11.2. The Morgan fingerprint density at radius 3 is 2.45 bits per heavy atom. The van der Waals surface area contributed by atoms with Crippen LogP contribution >= 0.6 is 0 Å². The highest BCUT2D eigenvalue weighted by Gasteiger charge is 2.36. The molecular weight excluding hydrogens is 380 g/mol. The second-order valence-electron chi connectivity index (χ2n) is 6.38. The van der Waals surface area contributed by atoms with Gasteiger partial charge in [0, 0.05) is 23.9 Å². The molecule has 2 N–H and O–H groups in total. The SMILES string of the molecule is COC(=O)C1=C(C)N[C@@H](c2cccc([N+](=O)[O-])c2)N[C@H]1c1ccccc1[N+](=O)[O-]. The van der Waals surface area contributed by atoms with Gasteiger partial charge in [-0.15, -0.1) is 0 Å². The van der Waals surface area contributed by atoms with E-state index in [-0.39, 0.29) is 22.5 Å². The van der Waals surface area contributed by atoms with E-state index in [0.717, 1.165) is 0 Å². The largest absolute Gasteiger partial charge is 0.466 e. The van der Waals surface area contributed by atoms with Crippen LogP contribution in [0.5, 0.6) is 0 Å². The molecule has 10 heteroatoms. The molecule has 2 atom stereocenters. The highest BCUT2D eigenvalue weighted by Crippen LogP contribution is 2.36. The van der Waals surface area contributed by atoms with E-state index in [1.807, 2.05) is 0 Å². The lowest BCUT2D eigenvalue weighted by Gasteiger charge is -2.35. The fraction of sp³-hybridized carbons (Fsp3) is 0.211. The van der Waals surface area contributed by atoms with Gasteiger partial charge in [-0.2, -0.15) is 0 Å². The van der Waals surface area contributed by atoms with Crippen LogP contribution in [0.15, 0.2) is 59.8 Å². The number of hydrogen-bond acceptors (Lipinski definition) is 8. The highest BCUT2D eigenvalue weighted by molar-refractivity contribution is 5.91. The van der Waals surface area contributed by atoms with Crippen molar-refractivity contribution < 1.29 is 19.4 Å². The topological polar surface area (TPSA) is 137 Å². The van der Waals surface area contributed by atoms with Crippen molar-refractivity contribution in [3.63, 3.8) is 0 Å². The number of esters is 1. The second kappa shape index (κ2) is 8.07. The molecule has 0 amide bonds. The third kappa shape index (κ3) is 3.92. The summed E-state index contributed by atoms with van der Waals surface area (Å²) in [5.74, 6) is -0.636. The van der Waals surface area contributed by atoms with Crippen LogP contribution in [0.4, 0.5) is 11.4 Å². The molecule has 29 heavy (non-hydrogen) atoms. The molecule has 3 rings (SSSR count). The molecule has 0 aromatic heterocycles. The number of ether oxygens (including phenoxy) is 1. The molecule has 0 unspecified atom stereocenters. The molecule has 0 aliphatic carbocycles. The van der Waals surface area contributed by atoms with Gasteiger partial charge in [0.25, 0.3) is 11.4 Å². The number of carbonyl (C=O) groups is 1. The second-order valence-corrected chi connectivity index (χ2v) is 6.38. The number of allylic oxidation sites excluding steroid dienone is 1. The van der Waals surface area contributed by atoms with Gasteiger partial charge in [0.15, 0.2) is 0 Å². The minimum atomic E-state index is -0.852. The Morgan fingerprint density at radius 2 is 1.79 bits per heavy atom. The maximum atomic E-state index is 12.4. The first-order valence-corrected chi connectivity index (χ1v) is 8.62. The van der Waals surface area contributed by atoms with Crippen molar-refractivity contribution in [2.45, 2.75) is 19.1 Å². The van der Waals surface area contributed by atoms with Crippen molar-refractivity contribution in [2.24, 2.45) is 0 Å². The molecule has 2 aromatic rings. The molecule has 0 saturated carbocycles. The Morgan fingerprint density at radius 1 is 1.07 bits per heavy atom. The first-order valence-electron chi connectivity index (χ1n) is 8.62. The standard InChI is InChI=1S/C19H18N4O6/c1-11-16(19(24)29-2)17(14-8-3-4-9-15(14)23(27)28)21-18(20-11)12-6-5-7-13(10-12)22(25)26/h3-10,17-18,20-21H,1-2H3/t17-,18+/m0/s1. The number of non-ortho nitro benzene ring substituents is 1. The molecular formula is C19H18N4O6.